The van der Waals surface area contributed by atoms with E-state index in [9.17, 15) is 4.79 Å². The third-order valence-corrected chi connectivity index (χ3v) is 4.23. The van der Waals surface area contributed by atoms with Crippen LogP contribution in [0.4, 0.5) is 0 Å². The van der Waals surface area contributed by atoms with E-state index in [1.54, 1.807) is 7.11 Å². The van der Waals surface area contributed by atoms with Gasteiger partial charge in [0.25, 0.3) is 5.91 Å². The molecule has 0 spiro atoms. The fourth-order valence-electron chi connectivity index (χ4n) is 2.99. The van der Waals surface area contributed by atoms with Crippen molar-refractivity contribution in [2.45, 2.75) is 20.3 Å². The Kier molecular flexibility index (Phi) is 5.37. The molecule has 134 valence electrons. The maximum Gasteiger partial charge on any atom is 0.251 e. The molecule has 3 rings (SSSR count). The minimum absolute atomic E-state index is 0.0942. The molecule has 1 heterocycles. The summed E-state index contributed by atoms with van der Waals surface area (Å²) in [6, 6.07) is 17.4. The van der Waals surface area contributed by atoms with Crippen molar-refractivity contribution < 1.29 is 9.53 Å². The van der Waals surface area contributed by atoms with Gasteiger partial charge in [-0.15, -0.1) is 0 Å². The standard InChI is InChI=1S/C21H23N3O2/c1-15-13-16(2)24(23-15)19-9-6-8-18(14-19)21(25)22-12-11-17-7-4-5-10-20(17)26-3/h4-10,13-14H,11-12H2,1-3H3,(H,22,25). The number of nitrogens with zero attached hydrogens (tertiary/aromatic N) is 2. The Bertz CT molecular complexity index is 915. The molecule has 0 radical (unpaired) electrons. The van der Waals surface area contributed by atoms with E-state index in [0.29, 0.717) is 18.5 Å². The Morgan fingerprint density at radius 2 is 1.92 bits per heavy atom. The predicted molar refractivity (Wildman–Crippen MR) is 102 cm³/mol. The van der Waals surface area contributed by atoms with Crippen LogP contribution < -0.4 is 10.1 Å². The SMILES string of the molecule is COc1ccccc1CCNC(=O)c1cccc(-n2nc(C)cc2C)c1. The second-order valence-electron chi connectivity index (χ2n) is 6.21. The number of amides is 1. The van der Waals surface area contributed by atoms with E-state index in [1.807, 2.05) is 73.1 Å². The van der Waals surface area contributed by atoms with Gasteiger partial charge in [-0.25, -0.2) is 4.68 Å². The predicted octanol–water partition coefficient (Wildman–Crippen LogP) is 3.47. The first-order valence-electron chi connectivity index (χ1n) is 8.62. The zero-order valence-corrected chi connectivity index (χ0v) is 15.3. The van der Waals surface area contributed by atoms with Crippen LogP contribution in [0, 0.1) is 13.8 Å². The van der Waals surface area contributed by atoms with Crippen LogP contribution in [0.1, 0.15) is 27.3 Å². The zero-order chi connectivity index (χ0) is 18.5. The normalized spacial score (nSPS) is 10.6. The molecule has 0 atom stereocenters. The van der Waals surface area contributed by atoms with Crippen LogP contribution in [0.25, 0.3) is 5.69 Å². The van der Waals surface area contributed by atoms with Crippen LogP contribution in [0.5, 0.6) is 5.75 Å². The number of nitrogens with one attached hydrogen (secondary N) is 1. The van der Waals surface area contributed by atoms with E-state index in [1.165, 1.54) is 0 Å². The van der Waals surface area contributed by atoms with Gasteiger partial charge in [-0.05, 0) is 56.2 Å². The Hall–Kier alpha value is -3.08. The second kappa shape index (κ2) is 7.87. The summed E-state index contributed by atoms with van der Waals surface area (Å²) in [4.78, 5) is 12.5. The summed E-state index contributed by atoms with van der Waals surface area (Å²) in [5, 5.41) is 7.45. The van der Waals surface area contributed by atoms with Crippen molar-refractivity contribution in [3.63, 3.8) is 0 Å². The summed E-state index contributed by atoms with van der Waals surface area (Å²) in [5.41, 5.74) is 4.57. The topological polar surface area (TPSA) is 56.1 Å². The van der Waals surface area contributed by atoms with E-state index >= 15 is 0 Å². The maximum absolute atomic E-state index is 12.5. The molecule has 0 saturated heterocycles. The molecule has 0 unspecified atom stereocenters. The summed E-state index contributed by atoms with van der Waals surface area (Å²) >= 11 is 0. The van der Waals surface area contributed by atoms with Crippen molar-refractivity contribution in [2.24, 2.45) is 0 Å². The summed E-state index contributed by atoms with van der Waals surface area (Å²) in [6.45, 7) is 4.50. The van der Waals surface area contributed by atoms with E-state index in [0.717, 1.165) is 28.4 Å². The molecule has 0 bridgehead atoms. The summed E-state index contributed by atoms with van der Waals surface area (Å²) in [5.74, 6) is 0.747. The third kappa shape index (κ3) is 3.94. The summed E-state index contributed by atoms with van der Waals surface area (Å²) < 4.78 is 7.19. The van der Waals surface area contributed by atoms with Crippen LogP contribution in [-0.4, -0.2) is 29.3 Å². The van der Waals surface area contributed by atoms with Crippen molar-refractivity contribution >= 4 is 5.91 Å². The number of ether oxygens (including phenoxy) is 1. The summed E-state index contributed by atoms with van der Waals surface area (Å²) in [6.07, 6.45) is 0.715. The molecular weight excluding hydrogens is 326 g/mol. The highest BCUT2D eigenvalue weighted by Crippen LogP contribution is 2.17. The van der Waals surface area contributed by atoms with Gasteiger partial charge in [-0.1, -0.05) is 24.3 Å². The molecular formula is C21H23N3O2. The van der Waals surface area contributed by atoms with Gasteiger partial charge in [0.15, 0.2) is 0 Å². The van der Waals surface area contributed by atoms with Gasteiger partial charge in [0.1, 0.15) is 5.75 Å². The fraction of sp³-hybridized carbons (Fsp3) is 0.238. The number of aryl methyl sites for hydroxylation is 2. The lowest BCUT2D eigenvalue weighted by Gasteiger charge is -2.10. The average Bonchev–Trinajstić information content (AvgIpc) is 3.00. The number of methoxy groups -OCH3 is 1. The molecule has 3 aromatic rings. The molecule has 5 heteroatoms. The number of rotatable bonds is 6. The number of para-hydroxylation sites is 1. The van der Waals surface area contributed by atoms with Gasteiger partial charge in [-0.3, -0.25) is 4.79 Å². The van der Waals surface area contributed by atoms with Crippen LogP contribution in [0.3, 0.4) is 0 Å². The smallest absolute Gasteiger partial charge is 0.251 e. The number of aromatic nitrogens is 2. The van der Waals surface area contributed by atoms with Crippen molar-refractivity contribution in [3.8, 4) is 11.4 Å². The molecule has 0 aliphatic carbocycles. The van der Waals surface area contributed by atoms with E-state index in [-0.39, 0.29) is 5.91 Å². The molecule has 0 saturated carbocycles. The minimum Gasteiger partial charge on any atom is -0.496 e. The van der Waals surface area contributed by atoms with Crippen molar-refractivity contribution in [3.05, 3.63) is 77.1 Å². The largest absolute Gasteiger partial charge is 0.496 e. The van der Waals surface area contributed by atoms with Gasteiger partial charge >= 0.3 is 0 Å². The van der Waals surface area contributed by atoms with Crippen LogP contribution >= 0.6 is 0 Å². The molecule has 1 aromatic heterocycles. The molecule has 0 aliphatic heterocycles. The van der Waals surface area contributed by atoms with E-state index < -0.39 is 0 Å². The molecule has 1 amide bonds. The molecule has 5 nitrogen and oxygen atoms in total. The van der Waals surface area contributed by atoms with E-state index in [2.05, 4.69) is 10.4 Å². The highest BCUT2D eigenvalue weighted by atomic mass is 16.5. The Labute approximate surface area is 153 Å². The molecule has 0 fully saturated rings. The van der Waals surface area contributed by atoms with Gasteiger partial charge in [0.05, 0.1) is 18.5 Å². The lowest BCUT2D eigenvalue weighted by atomic mass is 10.1. The van der Waals surface area contributed by atoms with Crippen LogP contribution in [0.15, 0.2) is 54.6 Å². The van der Waals surface area contributed by atoms with E-state index in [4.69, 9.17) is 4.74 Å². The molecule has 26 heavy (non-hydrogen) atoms. The second-order valence-corrected chi connectivity index (χ2v) is 6.21. The Morgan fingerprint density at radius 3 is 2.65 bits per heavy atom. The molecule has 1 N–H and O–H groups in total. The average molecular weight is 349 g/mol. The summed E-state index contributed by atoms with van der Waals surface area (Å²) in [7, 11) is 1.65. The first-order chi connectivity index (χ1) is 12.6. The minimum atomic E-state index is -0.0942. The Morgan fingerprint density at radius 1 is 1.12 bits per heavy atom. The highest BCUT2D eigenvalue weighted by molar-refractivity contribution is 5.94. The van der Waals surface area contributed by atoms with Crippen molar-refractivity contribution in [1.82, 2.24) is 15.1 Å². The lowest BCUT2D eigenvalue weighted by molar-refractivity contribution is 0.0954. The number of benzene rings is 2. The first kappa shape index (κ1) is 17.7. The number of carbonyl (C=O) groups excluding carboxylic acids is 1. The van der Waals surface area contributed by atoms with Gasteiger partial charge in [0.2, 0.25) is 0 Å². The zero-order valence-electron chi connectivity index (χ0n) is 15.3. The number of hydrogen-bond acceptors (Lipinski definition) is 3. The quantitative estimate of drug-likeness (QED) is 0.741. The third-order valence-electron chi connectivity index (χ3n) is 4.23. The molecule has 2 aromatic carbocycles. The highest BCUT2D eigenvalue weighted by Gasteiger charge is 2.09. The maximum atomic E-state index is 12.5. The van der Waals surface area contributed by atoms with Crippen LogP contribution in [-0.2, 0) is 6.42 Å². The number of hydrogen-bond donors (Lipinski definition) is 1. The van der Waals surface area contributed by atoms with Crippen molar-refractivity contribution in [2.75, 3.05) is 13.7 Å². The fourth-order valence-corrected chi connectivity index (χ4v) is 2.99. The first-order valence-corrected chi connectivity index (χ1v) is 8.62. The lowest BCUT2D eigenvalue weighted by Crippen LogP contribution is -2.25. The van der Waals surface area contributed by atoms with Crippen molar-refractivity contribution in [1.29, 1.82) is 0 Å². The monoisotopic (exact) mass is 349 g/mol. The Balaban J connectivity index is 1.67. The van der Waals surface area contributed by atoms with Crippen LogP contribution in [0.2, 0.25) is 0 Å². The van der Waals surface area contributed by atoms with Gasteiger partial charge in [0, 0.05) is 17.8 Å². The van der Waals surface area contributed by atoms with Gasteiger partial charge in [-0.2, -0.15) is 5.10 Å². The molecule has 0 aliphatic rings. The number of carbonyl (C=O) groups is 1. The van der Waals surface area contributed by atoms with Gasteiger partial charge < -0.3 is 10.1 Å².